The third kappa shape index (κ3) is 5.50. The van der Waals surface area contributed by atoms with Gasteiger partial charge in [-0.25, -0.2) is 0 Å². The second-order valence-corrected chi connectivity index (χ2v) is 12.6. The summed E-state index contributed by atoms with van der Waals surface area (Å²) >= 11 is 0. The molecule has 1 N–H and O–H groups in total. The molecule has 2 unspecified atom stereocenters. The number of methoxy groups -OCH3 is 1. The summed E-state index contributed by atoms with van der Waals surface area (Å²) in [6, 6.07) is 5.57. The van der Waals surface area contributed by atoms with Crippen molar-refractivity contribution in [3.8, 4) is 5.75 Å². The minimum absolute atomic E-state index is 0.126. The quantitative estimate of drug-likeness (QED) is 0.305. The van der Waals surface area contributed by atoms with Gasteiger partial charge in [0.2, 0.25) is 11.8 Å². The third-order valence-electron chi connectivity index (χ3n) is 9.58. The molecular weight excluding hydrogens is 546 g/mol. The number of carbonyl (C=O) groups excluding carboxylic acids is 3. The Kier molecular flexibility index (Phi) is 10.1. The lowest BCUT2D eigenvalue weighted by Crippen LogP contribution is -2.59. The zero-order valence-corrected chi connectivity index (χ0v) is 26.5. The Morgan fingerprint density at radius 3 is 2.35 bits per heavy atom. The number of hydrogen-bond donors (Lipinski definition) is 1. The van der Waals surface area contributed by atoms with E-state index in [4.69, 9.17) is 9.47 Å². The van der Waals surface area contributed by atoms with Crippen molar-refractivity contribution in [1.82, 2.24) is 9.80 Å². The summed E-state index contributed by atoms with van der Waals surface area (Å²) in [4.78, 5) is 48.9. The fraction of sp³-hybridized carbons (Fsp3) is 0.618. The summed E-state index contributed by atoms with van der Waals surface area (Å²) in [5.74, 6) is -1.45. The van der Waals surface area contributed by atoms with E-state index in [1.165, 1.54) is 0 Å². The SMILES string of the molecule is C=CCN(CCC)C(=O)[C@H]1[C@H]2C(=O)N([C@@H](CO)CC(C)C)C(C(=O)N(CC=C)c3ccc(OC)cc3)C23CC[C@]1(CC)O3. The highest BCUT2D eigenvalue weighted by Gasteiger charge is 2.79. The van der Waals surface area contributed by atoms with E-state index >= 15 is 0 Å². The van der Waals surface area contributed by atoms with E-state index in [2.05, 4.69) is 13.2 Å². The number of benzene rings is 1. The van der Waals surface area contributed by atoms with Gasteiger partial charge in [0, 0.05) is 25.3 Å². The topological polar surface area (TPSA) is 99.6 Å². The lowest BCUT2D eigenvalue weighted by atomic mass is 9.64. The Bertz CT molecular complexity index is 1200. The summed E-state index contributed by atoms with van der Waals surface area (Å²) in [6.45, 7) is 16.6. The Morgan fingerprint density at radius 1 is 1.14 bits per heavy atom. The molecule has 3 saturated heterocycles. The predicted molar refractivity (Wildman–Crippen MR) is 167 cm³/mol. The van der Waals surface area contributed by atoms with E-state index in [9.17, 15) is 19.5 Å². The van der Waals surface area contributed by atoms with Gasteiger partial charge in [-0.1, -0.05) is 39.8 Å². The smallest absolute Gasteiger partial charge is 0.253 e. The van der Waals surface area contributed by atoms with Gasteiger partial charge in [0.1, 0.15) is 17.4 Å². The molecule has 0 aliphatic carbocycles. The van der Waals surface area contributed by atoms with Crippen LogP contribution >= 0.6 is 0 Å². The zero-order chi connectivity index (χ0) is 31.5. The molecule has 0 saturated carbocycles. The number of carbonyl (C=O) groups is 3. The lowest BCUT2D eigenvalue weighted by Gasteiger charge is -2.40. The molecule has 1 aromatic rings. The first kappa shape index (κ1) is 32.7. The molecule has 3 amide bonds. The molecule has 0 aromatic heterocycles. The van der Waals surface area contributed by atoms with Crippen LogP contribution in [0.3, 0.4) is 0 Å². The molecule has 6 atom stereocenters. The second-order valence-electron chi connectivity index (χ2n) is 12.6. The van der Waals surface area contributed by atoms with E-state index in [0.717, 1.165) is 6.42 Å². The Balaban J connectivity index is 1.87. The molecule has 9 heteroatoms. The minimum atomic E-state index is -1.19. The standard InChI is InChI=1S/C34H49N3O6/c1-8-18-35(19-9-2)30(39)27-28-31(40)37(25(22-38)21-23(5)6)29(34(28)17-16-33(27,11-4)43-34)32(41)36(20-10-3)24-12-14-26(42-7)15-13-24/h8,10,12-15,23,25,27-29,38H,1,3,9,11,16-22H2,2,4-7H3/t25-,27-,28+,29?,33+,34?/m1/s1. The highest BCUT2D eigenvalue weighted by molar-refractivity contribution is 6.05. The van der Waals surface area contributed by atoms with E-state index in [1.807, 2.05) is 27.7 Å². The van der Waals surface area contributed by atoms with Gasteiger partial charge in [-0.2, -0.15) is 0 Å². The number of nitrogens with zero attached hydrogens (tertiary/aromatic N) is 3. The van der Waals surface area contributed by atoms with Gasteiger partial charge in [-0.3, -0.25) is 14.4 Å². The van der Waals surface area contributed by atoms with Crippen LogP contribution in [-0.2, 0) is 19.1 Å². The van der Waals surface area contributed by atoms with Crippen LogP contribution in [0.1, 0.15) is 59.8 Å². The van der Waals surface area contributed by atoms with E-state index in [-0.39, 0.29) is 36.8 Å². The molecule has 4 rings (SSSR count). The number of rotatable bonds is 15. The van der Waals surface area contributed by atoms with Crippen molar-refractivity contribution in [1.29, 1.82) is 0 Å². The molecule has 3 aliphatic heterocycles. The number of amides is 3. The van der Waals surface area contributed by atoms with Crippen LogP contribution < -0.4 is 9.64 Å². The number of aliphatic hydroxyl groups excluding tert-OH is 1. The van der Waals surface area contributed by atoms with Gasteiger partial charge >= 0.3 is 0 Å². The van der Waals surface area contributed by atoms with E-state index < -0.39 is 35.1 Å². The molecular formula is C34H49N3O6. The fourth-order valence-corrected chi connectivity index (χ4v) is 7.80. The second kappa shape index (κ2) is 13.2. The Labute approximate surface area is 256 Å². The first-order valence-corrected chi connectivity index (χ1v) is 15.7. The highest BCUT2D eigenvalue weighted by atomic mass is 16.5. The van der Waals surface area contributed by atoms with Crippen molar-refractivity contribution in [2.45, 2.75) is 83.1 Å². The average Bonchev–Trinajstić information content (AvgIpc) is 3.61. The molecule has 43 heavy (non-hydrogen) atoms. The normalized spacial score (nSPS) is 28.1. The maximum atomic E-state index is 14.9. The monoisotopic (exact) mass is 595 g/mol. The molecule has 9 nitrogen and oxygen atoms in total. The van der Waals surface area contributed by atoms with E-state index in [1.54, 1.807) is 58.2 Å². The van der Waals surface area contributed by atoms with Gasteiger partial charge in [-0.15, -0.1) is 13.2 Å². The molecule has 3 fully saturated rings. The van der Waals surface area contributed by atoms with Gasteiger partial charge in [-0.05, 0) is 62.3 Å². The largest absolute Gasteiger partial charge is 0.497 e. The number of likely N-dealkylation sites (tertiary alicyclic amines) is 1. The molecule has 2 bridgehead atoms. The predicted octanol–water partition coefficient (Wildman–Crippen LogP) is 4.20. The molecule has 0 radical (unpaired) electrons. The summed E-state index contributed by atoms with van der Waals surface area (Å²) in [5, 5.41) is 10.6. The van der Waals surface area contributed by atoms with Crippen LogP contribution in [-0.4, -0.2) is 89.3 Å². The van der Waals surface area contributed by atoms with Gasteiger partial charge < -0.3 is 29.3 Å². The number of hydrogen-bond acceptors (Lipinski definition) is 6. The van der Waals surface area contributed by atoms with Crippen molar-refractivity contribution in [3.05, 3.63) is 49.6 Å². The maximum absolute atomic E-state index is 14.9. The fourth-order valence-electron chi connectivity index (χ4n) is 7.80. The van der Waals surface area contributed by atoms with Gasteiger partial charge in [0.15, 0.2) is 0 Å². The minimum Gasteiger partial charge on any atom is -0.497 e. The van der Waals surface area contributed by atoms with Crippen molar-refractivity contribution in [2.24, 2.45) is 17.8 Å². The molecule has 3 aliphatic rings. The van der Waals surface area contributed by atoms with Crippen LogP contribution in [0.15, 0.2) is 49.6 Å². The summed E-state index contributed by atoms with van der Waals surface area (Å²) in [7, 11) is 1.58. The van der Waals surface area contributed by atoms with Crippen molar-refractivity contribution in [3.63, 3.8) is 0 Å². The number of fused-ring (bicyclic) bond motifs is 1. The summed E-state index contributed by atoms with van der Waals surface area (Å²) in [5.41, 5.74) is -1.40. The number of aliphatic hydroxyl groups is 1. The lowest BCUT2D eigenvalue weighted by molar-refractivity contribution is -0.154. The number of ether oxygens (including phenoxy) is 2. The molecule has 236 valence electrons. The Morgan fingerprint density at radius 2 is 1.81 bits per heavy atom. The van der Waals surface area contributed by atoms with Crippen LogP contribution in [0.25, 0.3) is 0 Å². The summed E-state index contributed by atoms with van der Waals surface area (Å²) < 4.78 is 12.3. The summed E-state index contributed by atoms with van der Waals surface area (Å²) in [6.07, 6.45) is 6.24. The number of anilines is 1. The molecule has 1 spiro atoms. The first-order chi connectivity index (χ1) is 20.6. The van der Waals surface area contributed by atoms with Crippen LogP contribution in [0.4, 0.5) is 5.69 Å². The van der Waals surface area contributed by atoms with Gasteiger partial charge in [0.05, 0.1) is 37.2 Å². The van der Waals surface area contributed by atoms with Crippen molar-refractivity contribution in [2.75, 3.05) is 38.3 Å². The molecule has 1 aromatic carbocycles. The molecule has 3 heterocycles. The van der Waals surface area contributed by atoms with Crippen molar-refractivity contribution >= 4 is 23.4 Å². The van der Waals surface area contributed by atoms with Gasteiger partial charge in [0.25, 0.3) is 5.91 Å². The maximum Gasteiger partial charge on any atom is 0.253 e. The highest BCUT2D eigenvalue weighted by Crippen LogP contribution is 2.65. The van der Waals surface area contributed by atoms with Crippen LogP contribution in [0.5, 0.6) is 5.75 Å². The Hall–Kier alpha value is -3.17. The third-order valence-corrected chi connectivity index (χ3v) is 9.58. The van der Waals surface area contributed by atoms with Crippen molar-refractivity contribution < 1.29 is 29.0 Å². The van der Waals surface area contributed by atoms with Crippen LogP contribution in [0.2, 0.25) is 0 Å². The first-order valence-electron chi connectivity index (χ1n) is 15.7. The van der Waals surface area contributed by atoms with E-state index in [0.29, 0.717) is 50.2 Å². The zero-order valence-electron chi connectivity index (χ0n) is 26.5. The average molecular weight is 596 g/mol. The van der Waals surface area contributed by atoms with Crippen LogP contribution in [0, 0.1) is 17.8 Å².